The molecule has 0 aliphatic rings. The van der Waals surface area contributed by atoms with Gasteiger partial charge in [-0.05, 0) is 50.3 Å². The van der Waals surface area contributed by atoms with Crippen LogP contribution in [-0.2, 0) is 0 Å². The molecule has 0 aliphatic carbocycles. The van der Waals surface area contributed by atoms with Gasteiger partial charge in [0.25, 0.3) is 0 Å². The van der Waals surface area contributed by atoms with Gasteiger partial charge in [0, 0.05) is 11.4 Å². The number of thiocarbonyl (C=S) groups is 1. The summed E-state index contributed by atoms with van der Waals surface area (Å²) in [7, 11) is 1.63. The van der Waals surface area contributed by atoms with E-state index in [1.54, 1.807) is 7.11 Å². The first-order valence-corrected chi connectivity index (χ1v) is 5.24. The minimum Gasteiger partial charge on any atom is -0.497 e. The van der Waals surface area contributed by atoms with E-state index in [4.69, 9.17) is 17.0 Å². The lowest BCUT2D eigenvalue weighted by atomic mass is 10.3. The number of hydrogen-bond donors (Lipinski definition) is 2. The van der Waals surface area contributed by atoms with Gasteiger partial charge in [-0.25, -0.2) is 0 Å². The lowest BCUT2D eigenvalue weighted by Gasteiger charge is -2.07. The third-order valence-electron chi connectivity index (χ3n) is 1.73. The molecule has 0 aromatic heterocycles. The number of anilines is 1. The summed E-state index contributed by atoms with van der Waals surface area (Å²) in [6.07, 6.45) is 0. The number of nitrogens with one attached hydrogen (secondary N) is 2. The highest BCUT2D eigenvalue weighted by Crippen LogP contribution is 2.14. The zero-order valence-electron chi connectivity index (χ0n) is 9.57. The van der Waals surface area contributed by atoms with Gasteiger partial charge < -0.3 is 10.1 Å². The maximum atomic E-state index is 5.06. The van der Waals surface area contributed by atoms with Crippen LogP contribution < -0.4 is 15.5 Å². The topological polar surface area (TPSA) is 45.6 Å². The molecular weight excluding hydrogens is 222 g/mol. The predicted molar refractivity (Wildman–Crippen MR) is 71.1 cm³/mol. The third-order valence-corrected chi connectivity index (χ3v) is 1.92. The molecule has 0 unspecified atom stereocenters. The molecule has 16 heavy (non-hydrogen) atoms. The average Bonchev–Trinajstić information content (AvgIpc) is 2.27. The Balaban J connectivity index is 2.53. The molecule has 0 saturated carbocycles. The normalized spacial score (nSPS) is 9.19. The molecule has 0 saturated heterocycles. The standard InChI is InChI=1S/C11H15N3OS/c1-8(2)13-14-11(16)12-9-4-6-10(15-3)7-5-9/h4-7H,1-3H3,(H2,12,14,16). The lowest BCUT2D eigenvalue weighted by molar-refractivity contribution is 0.415. The van der Waals surface area contributed by atoms with Crippen LogP contribution in [-0.4, -0.2) is 17.9 Å². The van der Waals surface area contributed by atoms with Crippen molar-refractivity contribution in [2.75, 3.05) is 12.4 Å². The molecule has 5 heteroatoms. The first kappa shape index (κ1) is 12.4. The number of rotatable bonds is 3. The first-order valence-electron chi connectivity index (χ1n) is 4.84. The summed E-state index contributed by atoms with van der Waals surface area (Å²) in [5.74, 6) is 0.812. The summed E-state index contributed by atoms with van der Waals surface area (Å²) >= 11 is 5.06. The summed E-state index contributed by atoms with van der Waals surface area (Å²) in [4.78, 5) is 0. The largest absolute Gasteiger partial charge is 0.497 e. The van der Waals surface area contributed by atoms with Crippen molar-refractivity contribution in [3.8, 4) is 5.75 Å². The number of methoxy groups -OCH3 is 1. The maximum absolute atomic E-state index is 5.06. The fourth-order valence-corrected chi connectivity index (χ4v) is 1.16. The molecular formula is C11H15N3OS. The minimum absolute atomic E-state index is 0.464. The molecule has 0 amide bonds. The Morgan fingerprint density at radius 1 is 1.25 bits per heavy atom. The number of hydrazone groups is 1. The smallest absolute Gasteiger partial charge is 0.191 e. The van der Waals surface area contributed by atoms with Crippen LogP contribution in [0.5, 0.6) is 5.75 Å². The molecule has 86 valence electrons. The molecule has 0 radical (unpaired) electrons. The van der Waals surface area contributed by atoms with Crippen LogP contribution in [0.25, 0.3) is 0 Å². The van der Waals surface area contributed by atoms with Crippen molar-refractivity contribution >= 4 is 28.7 Å². The summed E-state index contributed by atoms with van der Waals surface area (Å²) in [5.41, 5.74) is 4.54. The average molecular weight is 237 g/mol. The predicted octanol–water partition coefficient (Wildman–Crippen LogP) is 2.38. The van der Waals surface area contributed by atoms with Crippen LogP contribution in [0.2, 0.25) is 0 Å². The van der Waals surface area contributed by atoms with Crippen LogP contribution in [0.15, 0.2) is 29.4 Å². The van der Waals surface area contributed by atoms with Gasteiger partial charge in [-0.15, -0.1) is 0 Å². The number of benzene rings is 1. The van der Waals surface area contributed by atoms with Crippen molar-refractivity contribution in [3.05, 3.63) is 24.3 Å². The summed E-state index contributed by atoms with van der Waals surface area (Å²) in [6.45, 7) is 3.78. The highest BCUT2D eigenvalue weighted by atomic mass is 32.1. The van der Waals surface area contributed by atoms with Crippen molar-refractivity contribution in [2.45, 2.75) is 13.8 Å². The molecule has 1 rings (SSSR count). The Morgan fingerprint density at radius 2 is 1.88 bits per heavy atom. The highest BCUT2D eigenvalue weighted by Gasteiger charge is 1.96. The van der Waals surface area contributed by atoms with Crippen LogP contribution in [0.3, 0.4) is 0 Å². The number of hydrogen-bond acceptors (Lipinski definition) is 3. The molecule has 1 aromatic carbocycles. The van der Waals surface area contributed by atoms with Crippen molar-refractivity contribution < 1.29 is 4.74 Å². The van der Waals surface area contributed by atoms with E-state index in [0.29, 0.717) is 5.11 Å². The van der Waals surface area contributed by atoms with Crippen molar-refractivity contribution in [1.29, 1.82) is 0 Å². The quantitative estimate of drug-likeness (QED) is 0.481. The Hall–Kier alpha value is -1.62. The monoisotopic (exact) mass is 237 g/mol. The molecule has 0 atom stereocenters. The molecule has 2 N–H and O–H groups in total. The fourth-order valence-electron chi connectivity index (χ4n) is 0.996. The van der Waals surface area contributed by atoms with E-state index in [1.165, 1.54) is 0 Å². The van der Waals surface area contributed by atoms with Gasteiger partial charge in [-0.2, -0.15) is 5.10 Å². The van der Waals surface area contributed by atoms with Crippen molar-refractivity contribution in [1.82, 2.24) is 5.43 Å². The SMILES string of the molecule is COc1ccc(NC(=S)NN=C(C)C)cc1. The van der Waals surface area contributed by atoms with Gasteiger partial charge in [0.1, 0.15) is 5.75 Å². The zero-order chi connectivity index (χ0) is 12.0. The van der Waals surface area contributed by atoms with Gasteiger partial charge in [-0.1, -0.05) is 0 Å². The van der Waals surface area contributed by atoms with E-state index in [1.807, 2.05) is 38.1 Å². The molecule has 0 spiro atoms. The van der Waals surface area contributed by atoms with Crippen molar-refractivity contribution in [2.24, 2.45) is 5.10 Å². The number of ether oxygens (including phenoxy) is 1. The van der Waals surface area contributed by atoms with Gasteiger partial charge in [0.2, 0.25) is 0 Å². The first-order chi connectivity index (χ1) is 7.61. The van der Waals surface area contributed by atoms with E-state index in [-0.39, 0.29) is 0 Å². The van der Waals surface area contributed by atoms with Crippen molar-refractivity contribution in [3.63, 3.8) is 0 Å². The summed E-state index contributed by atoms with van der Waals surface area (Å²) in [6, 6.07) is 7.49. The number of nitrogens with zero attached hydrogens (tertiary/aromatic N) is 1. The summed E-state index contributed by atoms with van der Waals surface area (Å²) in [5, 5.41) is 7.46. The fraction of sp³-hybridized carbons (Fsp3) is 0.273. The van der Waals surface area contributed by atoms with Crippen LogP contribution in [0.4, 0.5) is 5.69 Å². The Morgan fingerprint density at radius 3 is 2.38 bits per heavy atom. The second kappa shape index (κ2) is 6.07. The third kappa shape index (κ3) is 4.27. The maximum Gasteiger partial charge on any atom is 0.191 e. The van der Waals surface area contributed by atoms with Gasteiger partial charge in [0.15, 0.2) is 5.11 Å². The summed E-state index contributed by atoms with van der Waals surface area (Å²) < 4.78 is 5.06. The van der Waals surface area contributed by atoms with E-state index in [9.17, 15) is 0 Å². The van der Waals surface area contributed by atoms with E-state index >= 15 is 0 Å². The zero-order valence-corrected chi connectivity index (χ0v) is 10.4. The van der Waals surface area contributed by atoms with E-state index in [0.717, 1.165) is 17.1 Å². The highest BCUT2D eigenvalue weighted by molar-refractivity contribution is 7.80. The molecule has 1 aromatic rings. The van der Waals surface area contributed by atoms with E-state index < -0.39 is 0 Å². The van der Waals surface area contributed by atoms with Gasteiger partial charge >= 0.3 is 0 Å². The van der Waals surface area contributed by atoms with E-state index in [2.05, 4.69) is 15.8 Å². The Kier molecular flexibility index (Phi) is 4.72. The minimum atomic E-state index is 0.464. The molecule has 0 heterocycles. The second-order valence-electron chi connectivity index (χ2n) is 3.35. The van der Waals surface area contributed by atoms with Crippen LogP contribution in [0.1, 0.15) is 13.8 Å². The van der Waals surface area contributed by atoms with Crippen LogP contribution >= 0.6 is 12.2 Å². The second-order valence-corrected chi connectivity index (χ2v) is 3.76. The Labute approximate surface area is 101 Å². The van der Waals surface area contributed by atoms with Gasteiger partial charge in [-0.3, -0.25) is 5.43 Å². The Bertz CT molecular complexity index is 383. The molecule has 0 fully saturated rings. The molecule has 0 aliphatic heterocycles. The van der Waals surface area contributed by atoms with Crippen LogP contribution in [0, 0.1) is 0 Å². The lowest BCUT2D eigenvalue weighted by Crippen LogP contribution is -2.24. The molecule has 4 nitrogen and oxygen atoms in total. The molecule has 0 bridgehead atoms. The van der Waals surface area contributed by atoms with Gasteiger partial charge in [0.05, 0.1) is 7.11 Å².